The van der Waals surface area contributed by atoms with Crippen LogP contribution >= 0.6 is 0 Å². The molecule has 2 atom stereocenters. The maximum Gasteiger partial charge on any atom is 0.272 e. The Morgan fingerprint density at radius 3 is 2.41 bits per heavy atom. The Morgan fingerprint density at radius 1 is 0.969 bits per heavy atom. The van der Waals surface area contributed by atoms with Crippen LogP contribution in [0.3, 0.4) is 0 Å². The molecule has 3 aromatic rings. The van der Waals surface area contributed by atoms with E-state index in [1.807, 2.05) is 37.3 Å². The van der Waals surface area contributed by atoms with Crippen molar-refractivity contribution in [1.82, 2.24) is 25.2 Å². The zero-order valence-electron chi connectivity index (χ0n) is 18.9. The van der Waals surface area contributed by atoms with E-state index in [1.54, 1.807) is 37.2 Å². The molecule has 2 aromatic heterocycles. The zero-order valence-corrected chi connectivity index (χ0v) is 18.9. The van der Waals surface area contributed by atoms with E-state index in [9.17, 15) is 9.59 Å². The fraction of sp³-hybridized carbons (Fsp3) is 0.320. The van der Waals surface area contributed by atoms with E-state index in [-0.39, 0.29) is 23.8 Å². The summed E-state index contributed by atoms with van der Waals surface area (Å²) >= 11 is 0. The van der Waals surface area contributed by atoms with Gasteiger partial charge in [-0.15, -0.1) is 0 Å². The molecule has 0 aliphatic rings. The summed E-state index contributed by atoms with van der Waals surface area (Å²) < 4.78 is 0. The number of carbonyl (C=O) groups is 2. The van der Waals surface area contributed by atoms with Crippen molar-refractivity contribution in [3.63, 3.8) is 0 Å². The van der Waals surface area contributed by atoms with Crippen LogP contribution in [0.5, 0.6) is 0 Å². The van der Waals surface area contributed by atoms with Crippen molar-refractivity contribution >= 4 is 11.8 Å². The van der Waals surface area contributed by atoms with Gasteiger partial charge in [-0.1, -0.05) is 43.3 Å². The monoisotopic (exact) mass is 431 g/mol. The van der Waals surface area contributed by atoms with Crippen LogP contribution in [0.2, 0.25) is 0 Å². The second-order valence-corrected chi connectivity index (χ2v) is 7.88. The average Bonchev–Trinajstić information content (AvgIpc) is 2.81. The van der Waals surface area contributed by atoms with Gasteiger partial charge in [0.2, 0.25) is 0 Å². The first-order valence-electron chi connectivity index (χ1n) is 10.7. The van der Waals surface area contributed by atoms with Crippen LogP contribution in [0.25, 0.3) is 0 Å². The lowest BCUT2D eigenvalue weighted by Gasteiger charge is -2.33. The van der Waals surface area contributed by atoms with Gasteiger partial charge in [-0.25, -0.2) is 15.0 Å². The van der Waals surface area contributed by atoms with Crippen molar-refractivity contribution in [2.75, 3.05) is 13.6 Å². The summed E-state index contributed by atoms with van der Waals surface area (Å²) in [5.74, 6) is 0.215. The van der Waals surface area contributed by atoms with Crippen molar-refractivity contribution < 1.29 is 9.59 Å². The fourth-order valence-corrected chi connectivity index (χ4v) is 3.76. The number of rotatable bonds is 8. The number of aromatic nitrogens is 3. The van der Waals surface area contributed by atoms with Crippen LogP contribution in [0, 0.1) is 13.8 Å². The number of carbonyl (C=O) groups excluding carboxylic acids is 2. The quantitative estimate of drug-likeness (QED) is 0.589. The predicted octanol–water partition coefficient (Wildman–Crippen LogP) is 3.55. The number of nitrogens with zero attached hydrogens (tertiary/aromatic N) is 4. The highest BCUT2D eigenvalue weighted by Gasteiger charge is 2.28. The molecule has 2 heterocycles. The highest BCUT2D eigenvalue weighted by molar-refractivity contribution is 5.93. The molecular formula is C25H29N5O2. The minimum absolute atomic E-state index is 0.0575. The Kier molecular flexibility index (Phi) is 7.65. The van der Waals surface area contributed by atoms with E-state index in [2.05, 4.69) is 39.3 Å². The van der Waals surface area contributed by atoms with Crippen LogP contribution in [0.1, 0.15) is 57.3 Å². The normalized spacial score (nSPS) is 12.6. The number of likely N-dealkylation sites (N-methyl/N-ethyl adjacent to an activating group) is 1. The van der Waals surface area contributed by atoms with Gasteiger partial charge in [0.15, 0.2) is 0 Å². The van der Waals surface area contributed by atoms with Crippen molar-refractivity contribution in [2.45, 2.75) is 39.2 Å². The van der Waals surface area contributed by atoms with Gasteiger partial charge in [0.1, 0.15) is 17.2 Å². The van der Waals surface area contributed by atoms with Gasteiger partial charge in [-0.3, -0.25) is 9.59 Å². The third-order valence-electron chi connectivity index (χ3n) is 5.56. The summed E-state index contributed by atoms with van der Waals surface area (Å²) in [6.45, 7) is 6.12. The minimum Gasteiger partial charge on any atom is -0.351 e. The second kappa shape index (κ2) is 10.6. The maximum atomic E-state index is 13.2. The molecule has 1 aromatic carbocycles. The van der Waals surface area contributed by atoms with Crippen molar-refractivity contribution in [2.24, 2.45) is 0 Å². The van der Waals surface area contributed by atoms with Gasteiger partial charge in [-0.05, 0) is 44.0 Å². The summed E-state index contributed by atoms with van der Waals surface area (Å²) in [7, 11) is 1.79. The van der Waals surface area contributed by atoms with Crippen LogP contribution in [-0.4, -0.2) is 51.3 Å². The van der Waals surface area contributed by atoms with Crippen molar-refractivity contribution in [1.29, 1.82) is 0 Å². The summed E-state index contributed by atoms with van der Waals surface area (Å²) in [5, 5.41) is 2.94. The van der Waals surface area contributed by atoms with E-state index in [0.717, 1.165) is 11.3 Å². The van der Waals surface area contributed by atoms with Crippen LogP contribution in [-0.2, 0) is 0 Å². The maximum absolute atomic E-state index is 13.2. The first kappa shape index (κ1) is 23.1. The van der Waals surface area contributed by atoms with Crippen LogP contribution in [0.15, 0.2) is 60.8 Å². The molecule has 1 N–H and O–H groups in total. The molecule has 7 heteroatoms. The molecule has 7 nitrogen and oxygen atoms in total. The van der Waals surface area contributed by atoms with Gasteiger partial charge in [0, 0.05) is 37.4 Å². The fourth-order valence-electron chi connectivity index (χ4n) is 3.76. The Hall–Kier alpha value is -3.61. The average molecular weight is 432 g/mol. The number of hydrogen-bond donors (Lipinski definition) is 1. The molecule has 0 bridgehead atoms. The van der Waals surface area contributed by atoms with Gasteiger partial charge < -0.3 is 10.2 Å². The van der Waals surface area contributed by atoms with Crippen molar-refractivity contribution in [3.8, 4) is 0 Å². The van der Waals surface area contributed by atoms with Gasteiger partial charge in [0.05, 0.1) is 0 Å². The van der Waals surface area contributed by atoms with Gasteiger partial charge in [-0.2, -0.15) is 0 Å². The number of nitrogens with one attached hydrogen (secondary N) is 1. The number of benzene rings is 1. The van der Waals surface area contributed by atoms with Crippen LogP contribution < -0.4 is 5.32 Å². The van der Waals surface area contributed by atoms with Gasteiger partial charge in [0.25, 0.3) is 11.8 Å². The van der Waals surface area contributed by atoms with Crippen LogP contribution in [0.4, 0.5) is 0 Å². The molecule has 2 amide bonds. The highest BCUT2D eigenvalue weighted by Crippen LogP contribution is 2.25. The number of aryl methyl sites for hydroxylation is 2. The standard InChI is InChI=1S/C25H29N5O2/c1-17-9-8-12-21(28-17)24(31)27-16-14-23(18(2)20-10-6-5-7-11-20)30(4)25(32)22-13-15-26-19(3)29-22/h5-13,15,18,23H,14,16H2,1-4H3,(H,27,31). The number of pyridine rings is 1. The lowest BCUT2D eigenvalue weighted by Crippen LogP contribution is -2.43. The molecule has 0 spiro atoms. The Morgan fingerprint density at radius 2 is 1.72 bits per heavy atom. The summed E-state index contributed by atoms with van der Waals surface area (Å²) in [6.07, 6.45) is 2.17. The molecule has 0 fully saturated rings. The largest absolute Gasteiger partial charge is 0.351 e. The summed E-state index contributed by atoms with van der Waals surface area (Å²) in [6, 6.07) is 16.9. The first-order chi connectivity index (χ1) is 15.4. The molecule has 0 saturated heterocycles. The molecule has 0 aliphatic heterocycles. The van der Waals surface area contributed by atoms with E-state index >= 15 is 0 Å². The number of hydrogen-bond acceptors (Lipinski definition) is 5. The Bertz CT molecular complexity index is 1070. The van der Waals surface area contributed by atoms with E-state index in [0.29, 0.717) is 30.2 Å². The topological polar surface area (TPSA) is 88.1 Å². The SMILES string of the molecule is Cc1cccc(C(=O)NCCC(C(C)c2ccccc2)N(C)C(=O)c2ccnc(C)n2)n1. The Labute approximate surface area is 188 Å². The second-order valence-electron chi connectivity index (χ2n) is 7.88. The van der Waals surface area contributed by atoms with Crippen molar-refractivity contribution in [3.05, 3.63) is 89.3 Å². The predicted molar refractivity (Wildman–Crippen MR) is 123 cm³/mol. The minimum atomic E-state index is -0.222. The lowest BCUT2D eigenvalue weighted by atomic mass is 9.90. The highest BCUT2D eigenvalue weighted by atomic mass is 16.2. The first-order valence-corrected chi connectivity index (χ1v) is 10.7. The molecule has 0 radical (unpaired) electrons. The molecule has 32 heavy (non-hydrogen) atoms. The molecule has 3 rings (SSSR count). The summed E-state index contributed by atoms with van der Waals surface area (Å²) in [5.41, 5.74) is 2.67. The molecule has 166 valence electrons. The zero-order chi connectivity index (χ0) is 23.1. The number of amides is 2. The van der Waals surface area contributed by atoms with E-state index < -0.39 is 0 Å². The molecular weight excluding hydrogens is 402 g/mol. The van der Waals surface area contributed by atoms with E-state index in [4.69, 9.17) is 0 Å². The smallest absolute Gasteiger partial charge is 0.272 e. The third-order valence-corrected chi connectivity index (χ3v) is 5.56. The van der Waals surface area contributed by atoms with Gasteiger partial charge >= 0.3 is 0 Å². The molecule has 2 unspecified atom stereocenters. The summed E-state index contributed by atoms with van der Waals surface area (Å²) in [4.78, 5) is 40.0. The third kappa shape index (κ3) is 5.75. The lowest BCUT2D eigenvalue weighted by molar-refractivity contribution is 0.0695. The van der Waals surface area contributed by atoms with E-state index in [1.165, 1.54) is 0 Å². The molecule has 0 aliphatic carbocycles. The molecule has 0 saturated carbocycles. The Balaban J connectivity index is 1.76.